The summed E-state index contributed by atoms with van der Waals surface area (Å²) in [5.41, 5.74) is 7.94. The molecule has 1 aromatic carbocycles. The van der Waals surface area contributed by atoms with Gasteiger partial charge in [-0.2, -0.15) is 0 Å². The van der Waals surface area contributed by atoms with Crippen LogP contribution in [0.5, 0.6) is 0 Å². The summed E-state index contributed by atoms with van der Waals surface area (Å²) in [5.74, 6) is -0.975. The molecule has 6 heteroatoms. The predicted octanol–water partition coefficient (Wildman–Crippen LogP) is 3.39. The fourth-order valence-corrected chi connectivity index (χ4v) is 3.47. The smallest absolute Gasteiger partial charge is 0.340 e. The minimum absolute atomic E-state index is 0.226. The van der Waals surface area contributed by atoms with Crippen molar-refractivity contribution in [3.63, 3.8) is 0 Å². The summed E-state index contributed by atoms with van der Waals surface area (Å²) in [6.45, 7) is 4.59. The van der Waals surface area contributed by atoms with Crippen molar-refractivity contribution in [1.82, 2.24) is 4.90 Å². The lowest BCUT2D eigenvalue weighted by atomic mass is 9.94. The number of rotatable bonds is 7. The van der Waals surface area contributed by atoms with Gasteiger partial charge >= 0.3 is 11.9 Å². The van der Waals surface area contributed by atoms with E-state index in [1.54, 1.807) is 19.9 Å². The highest BCUT2D eigenvalue weighted by Gasteiger charge is 2.23. The first-order valence-electron chi connectivity index (χ1n) is 9.44. The fourth-order valence-electron chi connectivity index (χ4n) is 3.47. The van der Waals surface area contributed by atoms with Crippen LogP contribution in [-0.2, 0) is 16.0 Å². The summed E-state index contributed by atoms with van der Waals surface area (Å²) >= 11 is 0. The van der Waals surface area contributed by atoms with Gasteiger partial charge in [0.05, 0.1) is 30.0 Å². The van der Waals surface area contributed by atoms with Crippen molar-refractivity contribution in [2.75, 3.05) is 26.0 Å². The van der Waals surface area contributed by atoms with E-state index in [1.165, 1.54) is 38.2 Å². The average molecular weight is 362 g/mol. The van der Waals surface area contributed by atoms with Crippen LogP contribution in [0.1, 0.15) is 72.2 Å². The quantitative estimate of drug-likeness (QED) is 0.591. The predicted molar refractivity (Wildman–Crippen MR) is 101 cm³/mol. The zero-order valence-corrected chi connectivity index (χ0v) is 16.0. The lowest BCUT2D eigenvalue weighted by Crippen LogP contribution is -2.33. The molecular weight excluding hydrogens is 332 g/mol. The van der Waals surface area contributed by atoms with Gasteiger partial charge in [0.1, 0.15) is 0 Å². The standard InChI is InChI=1S/C20H30N2O4/c1-4-25-19(23)14-11-15(13-22(3)16-9-7-6-8-10-16)18(21)17(12-14)20(24)26-5-2/h11-12,16H,4-10,13,21H2,1-3H3. The van der Waals surface area contributed by atoms with Gasteiger partial charge in [-0.1, -0.05) is 19.3 Å². The monoisotopic (exact) mass is 362 g/mol. The maximum absolute atomic E-state index is 12.3. The van der Waals surface area contributed by atoms with Crippen LogP contribution in [0.2, 0.25) is 0 Å². The Bertz CT molecular complexity index is 639. The van der Waals surface area contributed by atoms with E-state index >= 15 is 0 Å². The Labute approximate surface area is 155 Å². The number of nitrogens with zero attached hydrogens (tertiary/aromatic N) is 1. The molecule has 0 saturated heterocycles. The number of benzene rings is 1. The van der Waals surface area contributed by atoms with Gasteiger partial charge in [-0.3, -0.25) is 4.90 Å². The lowest BCUT2D eigenvalue weighted by molar-refractivity contribution is 0.0525. The first kappa shape index (κ1) is 20.2. The van der Waals surface area contributed by atoms with E-state index in [-0.39, 0.29) is 18.8 Å². The van der Waals surface area contributed by atoms with Gasteiger partial charge in [-0.05, 0) is 51.4 Å². The second-order valence-corrected chi connectivity index (χ2v) is 6.74. The second kappa shape index (κ2) is 9.57. The van der Waals surface area contributed by atoms with Crippen LogP contribution >= 0.6 is 0 Å². The van der Waals surface area contributed by atoms with Gasteiger partial charge in [0, 0.05) is 12.6 Å². The molecule has 0 spiro atoms. The molecule has 0 bridgehead atoms. The lowest BCUT2D eigenvalue weighted by Gasteiger charge is -2.31. The van der Waals surface area contributed by atoms with Crippen molar-refractivity contribution in [1.29, 1.82) is 0 Å². The number of carbonyl (C=O) groups is 2. The molecule has 0 aromatic heterocycles. The number of hydrogen-bond donors (Lipinski definition) is 1. The van der Waals surface area contributed by atoms with Crippen LogP contribution < -0.4 is 5.73 Å². The van der Waals surface area contributed by atoms with Gasteiger partial charge in [-0.25, -0.2) is 9.59 Å². The zero-order valence-electron chi connectivity index (χ0n) is 16.0. The van der Waals surface area contributed by atoms with E-state index in [2.05, 4.69) is 11.9 Å². The Morgan fingerprint density at radius 2 is 1.69 bits per heavy atom. The molecule has 1 saturated carbocycles. The van der Waals surface area contributed by atoms with Gasteiger partial charge in [-0.15, -0.1) is 0 Å². The van der Waals surface area contributed by atoms with Gasteiger partial charge in [0.15, 0.2) is 0 Å². The van der Waals surface area contributed by atoms with Crippen molar-refractivity contribution in [2.45, 2.75) is 58.5 Å². The maximum Gasteiger partial charge on any atom is 0.340 e. The van der Waals surface area contributed by atoms with E-state index in [1.807, 2.05) is 0 Å². The van der Waals surface area contributed by atoms with E-state index in [4.69, 9.17) is 15.2 Å². The summed E-state index contributed by atoms with van der Waals surface area (Å²) in [5, 5.41) is 0. The molecule has 1 aromatic rings. The molecule has 2 rings (SSSR count). The van der Waals surface area contributed by atoms with Crippen molar-refractivity contribution >= 4 is 17.6 Å². The normalized spacial score (nSPS) is 15.1. The molecule has 0 heterocycles. The van der Waals surface area contributed by atoms with E-state index in [0.717, 1.165) is 5.56 Å². The largest absolute Gasteiger partial charge is 0.462 e. The second-order valence-electron chi connectivity index (χ2n) is 6.74. The van der Waals surface area contributed by atoms with Crippen molar-refractivity contribution in [3.05, 3.63) is 28.8 Å². The summed E-state index contributed by atoms with van der Waals surface area (Å²) in [6.07, 6.45) is 6.10. The molecule has 26 heavy (non-hydrogen) atoms. The van der Waals surface area contributed by atoms with Crippen LogP contribution in [-0.4, -0.2) is 43.1 Å². The first-order valence-corrected chi connectivity index (χ1v) is 9.44. The van der Waals surface area contributed by atoms with Crippen LogP contribution in [0.25, 0.3) is 0 Å². The van der Waals surface area contributed by atoms with Crippen LogP contribution in [0.3, 0.4) is 0 Å². The number of anilines is 1. The van der Waals surface area contributed by atoms with Gasteiger partial charge in [0.2, 0.25) is 0 Å². The molecule has 0 aliphatic heterocycles. The minimum atomic E-state index is -0.516. The Balaban J connectivity index is 2.32. The summed E-state index contributed by atoms with van der Waals surface area (Å²) in [6, 6.07) is 3.70. The Morgan fingerprint density at radius 3 is 2.31 bits per heavy atom. The highest BCUT2D eigenvalue weighted by Crippen LogP contribution is 2.27. The number of esters is 2. The zero-order chi connectivity index (χ0) is 19.1. The van der Waals surface area contributed by atoms with E-state index in [9.17, 15) is 9.59 Å². The fraction of sp³-hybridized carbons (Fsp3) is 0.600. The molecule has 0 radical (unpaired) electrons. The molecule has 0 unspecified atom stereocenters. The average Bonchev–Trinajstić information content (AvgIpc) is 2.64. The highest BCUT2D eigenvalue weighted by atomic mass is 16.5. The van der Waals surface area contributed by atoms with Gasteiger partial charge < -0.3 is 15.2 Å². The van der Waals surface area contributed by atoms with Crippen LogP contribution in [0.15, 0.2) is 12.1 Å². The number of nitrogen functional groups attached to an aromatic ring is 1. The van der Waals surface area contributed by atoms with E-state index in [0.29, 0.717) is 23.8 Å². The Morgan fingerprint density at radius 1 is 1.08 bits per heavy atom. The topological polar surface area (TPSA) is 81.9 Å². The van der Waals surface area contributed by atoms with Crippen molar-refractivity contribution < 1.29 is 19.1 Å². The molecule has 144 valence electrons. The third-order valence-corrected chi connectivity index (χ3v) is 4.89. The summed E-state index contributed by atoms with van der Waals surface area (Å²) < 4.78 is 10.2. The Kier molecular flexibility index (Phi) is 7.45. The molecule has 0 atom stereocenters. The SMILES string of the molecule is CCOC(=O)c1cc(CN(C)C2CCCCC2)c(N)c(C(=O)OCC)c1. The minimum Gasteiger partial charge on any atom is -0.462 e. The molecule has 2 N–H and O–H groups in total. The van der Waals surface area contributed by atoms with Crippen molar-refractivity contribution in [2.24, 2.45) is 0 Å². The molecule has 1 aliphatic carbocycles. The maximum atomic E-state index is 12.3. The summed E-state index contributed by atoms with van der Waals surface area (Å²) in [7, 11) is 2.07. The van der Waals surface area contributed by atoms with Crippen LogP contribution in [0, 0.1) is 0 Å². The van der Waals surface area contributed by atoms with E-state index < -0.39 is 11.9 Å². The van der Waals surface area contributed by atoms with Gasteiger partial charge in [0.25, 0.3) is 0 Å². The Hall–Kier alpha value is -2.08. The number of nitrogens with two attached hydrogens (primary N) is 1. The molecule has 1 fully saturated rings. The third-order valence-electron chi connectivity index (χ3n) is 4.89. The number of hydrogen-bond acceptors (Lipinski definition) is 6. The number of ether oxygens (including phenoxy) is 2. The molecule has 1 aliphatic rings. The highest BCUT2D eigenvalue weighted by molar-refractivity contribution is 6.00. The first-order chi connectivity index (χ1) is 12.5. The van der Waals surface area contributed by atoms with Crippen LogP contribution in [0.4, 0.5) is 5.69 Å². The third kappa shape index (κ3) is 4.97. The molecule has 6 nitrogen and oxygen atoms in total. The molecular formula is C20H30N2O4. The number of carbonyl (C=O) groups excluding carboxylic acids is 2. The van der Waals surface area contributed by atoms with Crippen molar-refractivity contribution in [3.8, 4) is 0 Å². The summed E-state index contributed by atoms with van der Waals surface area (Å²) in [4.78, 5) is 26.7. The molecule has 0 amide bonds.